The molecular weight excluding hydrogens is 633 g/mol. The second-order valence-electron chi connectivity index (χ2n) is 13.8. The zero-order valence-corrected chi connectivity index (χ0v) is 28.0. The molecule has 0 aliphatic heterocycles. The van der Waals surface area contributed by atoms with Gasteiger partial charge in [-0.1, -0.05) is 127 Å². The summed E-state index contributed by atoms with van der Waals surface area (Å²) < 4.78 is 4.92. The summed E-state index contributed by atoms with van der Waals surface area (Å²) in [5.41, 5.74) is 11.2. The highest BCUT2D eigenvalue weighted by Crippen LogP contribution is 2.46. The largest absolute Gasteiger partial charge is 0.309 e. The van der Waals surface area contributed by atoms with Gasteiger partial charge in [-0.2, -0.15) is 0 Å². The number of hydrogen-bond donors (Lipinski definition) is 0. The van der Waals surface area contributed by atoms with Gasteiger partial charge in [0.25, 0.3) is 0 Å². The topological polar surface area (TPSA) is 35.1 Å². The summed E-state index contributed by atoms with van der Waals surface area (Å²) in [5.74, 6) is 0.711. The van der Waals surface area contributed by atoms with Crippen LogP contribution in [0.1, 0.15) is 0 Å². The molecule has 0 saturated heterocycles. The Morgan fingerprint density at radius 1 is 0.385 bits per heavy atom. The van der Waals surface area contributed by atoms with Crippen LogP contribution < -0.4 is 0 Å². The van der Waals surface area contributed by atoms with Crippen molar-refractivity contribution in [1.29, 1.82) is 0 Å². The van der Waals surface area contributed by atoms with Crippen molar-refractivity contribution in [2.24, 2.45) is 0 Å². The predicted octanol–water partition coefficient (Wildman–Crippen LogP) is 12.4. The molecule has 0 atom stereocenters. The summed E-state index contributed by atoms with van der Waals surface area (Å²) >= 11 is 0. The van der Waals surface area contributed by atoms with Crippen LogP contribution in [0.3, 0.4) is 0 Å². The molecule has 0 aliphatic rings. The van der Waals surface area contributed by atoms with Crippen LogP contribution in [0.25, 0.3) is 110 Å². The highest BCUT2D eigenvalue weighted by molar-refractivity contribution is 6.34. The molecule has 0 amide bonds. The Bertz CT molecular complexity index is 3410. The van der Waals surface area contributed by atoms with E-state index in [1.807, 2.05) is 0 Å². The molecule has 240 valence electrons. The van der Waals surface area contributed by atoms with E-state index in [4.69, 9.17) is 9.97 Å². The van der Waals surface area contributed by atoms with Crippen molar-refractivity contribution in [3.63, 3.8) is 0 Å². The number of aromatic nitrogens is 4. The third-order valence-corrected chi connectivity index (χ3v) is 11.0. The average Bonchev–Trinajstić information content (AvgIpc) is 3.85. The summed E-state index contributed by atoms with van der Waals surface area (Å²) in [7, 11) is 0. The third-order valence-electron chi connectivity index (χ3n) is 11.0. The molecule has 4 aromatic heterocycles. The van der Waals surface area contributed by atoms with Gasteiger partial charge in [-0.15, -0.1) is 0 Å². The molecule has 0 radical (unpaired) electrons. The van der Waals surface area contributed by atoms with Gasteiger partial charge in [0.05, 0.1) is 38.8 Å². The minimum Gasteiger partial charge on any atom is -0.309 e. The van der Waals surface area contributed by atoms with E-state index in [0.717, 1.165) is 38.8 Å². The number of rotatable bonds is 3. The first-order valence-corrected chi connectivity index (χ1v) is 17.8. The monoisotopic (exact) mass is 660 g/mol. The Hall–Kier alpha value is -7.04. The summed E-state index contributed by atoms with van der Waals surface area (Å²) in [6.07, 6.45) is 0. The van der Waals surface area contributed by atoms with Crippen LogP contribution in [-0.2, 0) is 0 Å². The van der Waals surface area contributed by atoms with E-state index < -0.39 is 0 Å². The van der Waals surface area contributed by atoms with Crippen LogP contribution in [0.5, 0.6) is 0 Å². The van der Waals surface area contributed by atoms with E-state index in [9.17, 15) is 0 Å². The first kappa shape index (κ1) is 27.7. The number of benzene rings is 8. The van der Waals surface area contributed by atoms with Crippen molar-refractivity contribution in [2.75, 3.05) is 0 Å². The first-order chi connectivity index (χ1) is 25.8. The molecule has 12 aromatic rings. The van der Waals surface area contributed by atoms with Crippen molar-refractivity contribution in [3.05, 3.63) is 170 Å². The average molecular weight is 661 g/mol. The molecule has 0 N–H and O–H groups in total. The fourth-order valence-corrected chi connectivity index (χ4v) is 8.82. The first-order valence-electron chi connectivity index (χ1n) is 17.8. The Balaban J connectivity index is 1.19. The lowest BCUT2D eigenvalue weighted by Crippen LogP contribution is -1.98. The zero-order chi connectivity index (χ0) is 33.9. The Labute approximate surface area is 297 Å². The van der Waals surface area contributed by atoms with E-state index in [1.54, 1.807) is 0 Å². The van der Waals surface area contributed by atoms with E-state index in [1.165, 1.54) is 65.3 Å². The molecule has 8 aromatic carbocycles. The Kier molecular flexibility index (Phi) is 5.47. The Morgan fingerprint density at radius 2 is 1.02 bits per heavy atom. The van der Waals surface area contributed by atoms with Crippen LogP contribution in [0.15, 0.2) is 170 Å². The van der Waals surface area contributed by atoms with Crippen molar-refractivity contribution in [3.8, 4) is 28.3 Å². The zero-order valence-electron chi connectivity index (χ0n) is 28.0. The standard InChI is InChI=1S/C48H28N4/c1-2-14-30(15-3-1)44-37-26-25-29-13-4-5-18-33(29)45(37)50-48(49-44)31-16-12-17-32(27-31)51-40-22-9-6-19-34(40)38-28-39-35-20-7-10-23-41(35)52-42-24-11-8-21-36(42)43(46(38)51)47(39)52/h1-28H. The van der Waals surface area contributed by atoms with Gasteiger partial charge in [-0.3, -0.25) is 0 Å². The number of para-hydroxylation sites is 3. The number of hydrogen-bond acceptors (Lipinski definition) is 2. The van der Waals surface area contributed by atoms with Crippen molar-refractivity contribution in [2.45, 2.75) is 0 Å². The minimum absolute atomic E-state index is 0.711. The van der Waals surface area contributed by atoms with Crippen molar-refractivity contribution < 1.29 is 0 Å². The molecular formula is C48H28N4. The predicted molar refractivity (Wildman–Crippen MR) is 217 cm³/mol. The molecule has 4 heterocycles. The lowest BCUT2D eigenvalue weighted by atomic mass is 10.0. The molecule has 0 spiro atoms. The highest BCUT2D eigenvalue weighted by Gasteiger charge is 2.24. The molecule has 0 saturated carbocycles. The maximum atomic E-state index is 5.32. The number of fused-ring (bicyclic) bond motifs is 13. The maximum absolute atomic E-state index is 5.32. The highest BCUT2D eigenvalue weighted by atomic mass is 15.0. The fourth-order valence-electron chi connectivity index (χ4n) is 8.82. The minimum atomic E-state index is 0.711. The molecule has 0 aliphatic carbocycles. The van der Waals surface area contributed by atoms with Gasteiger partial charge in [0.1, 0.15) is 0 Å². The second-order valence-corrected chi connectivity index (χ2v) is 13.8. The van der Waals surface area contributed by atoms with E-state index in [-0.39, 0.29) is 0 Å². The van der Waals surface area contributed by atoms with Crippen LogP contribution in [0.2, 0.25) is 0 Å². The van der Waals surface area contributed by atoms with Crippen LogP contribution >= 0.6 is 0 Å². The fraction of sp³-hybridized carbons (Fsp3) is 0. The van der Waals surface area contributed by atoms with E-state index in [2.05, 4.69) is 179 Å². The summed E-state index contributed by atoms with van der Waals surface area (Å²) in [4.78, 5) is 10.6. The Morgan fingerprint density at radius 3 is 1.85 bits per heavy atom. The van der Waals surface area contributed by atoms with Crippen LogP contribution in [0.4, 0.5) is 0 Å². The van der Waals surface area contributed by atoms with Gasteiger partial charge in [-0.05, 0) is 47.9 Å². The summed E-state index contributed by atoms with van der Waals surface area (Å²) in [5, 5.41) is 10.9. The van der Waals surface area contributed by atoms with Gasteiger partial charge in [0.2, 0.25) is 0 Å². The van der Waals surface area contributed by atoms with Gasteiger partial charge in [0.15, 0.2) is 5.82 Å². The van der Waals surface area contributed by atoms with Crippen LogP contribution in [-0.4, -0.2) is 18.9 Å². The van der Waals surface area contributed by atoms with E-state index >= 15 is 0 Å². The van der Waals surface area contributed by atoms with Gasteiger partial charge < -0.3 is 8.97 Å². The van der Waals surface area contributed by atoms with Gasteiger partial charge >= 0.3 is 0 Å². The van der Waals surface area contributed by atoms with Crippen molar-refractivity contribution >= 4 is 81.6 Å². The van der Waals surface area contributed by atoms with Gasteiger partial charge in [-0.25, -0.2) is 9.97 Å². The molecule has 4 nitrogen and oxygen atoms in total. The quantitative estimate of drug-likeness (QED) is 0.177. The lowest BCUT2D eigenvalue weighted by molar-refractivity contribution is 1.18. The van der Waals surface area contributed by atoms with Crippen LogP contribution in [0, 0.1) is 0 Å². The molecule has 0 fully saturated rings. The molecule has 4 heteroatoms. The molecule has 0 bridgehead atoms. The second kappa shape index (κ2) is 10.3. The summed E-state index contributed by atoms with van der Waals surface area (Å²) in [6.45, 7) is 0. The van der Waals surface area contributed by atoms with Crippen molar-refractivity contribution in [1.82, 2.24) is 18.9 Å². The van der Waals surface area contributed by atoms with E-state index in [0.29, 0.717) is 5.82 Å². The summed E-state index contributed by atoms with van der Waals surface area (Å²) in [6, 6.07) is 61.0. The molecule has 0 unspecified atom stereocenters. The lowest BCUT2D eigenvalue weighted by Gasteiger charge is -2.13. The third kappa shape index (κ3) is 3.65. The molecule has 12 rings (SSSR count). The SMILES string of the molecule is c1ccc(-c2nc(-c3cccc(-n4c5ccccc5c5cc6c7ccccc7n7c8ccccc8c(c54)c67)c3)nc3c2ccc2ccccc23)cc1. The van der Waals surface area contributed by atoms with Gasteiger partial charge in [0, 0.05) is 59.9 Å². The number of nitrogens with zero attached hydrogens (tertiary/aromatic N) is 4. The normalized spacial score (nSPS) is 12.2. The molecule has 52 heavy (non-hydrogen) atoms. The smallest absolute Gasteiger partial charge is 0.160 e. The maximum Gasteiger partial charge on any atom is 0.160 e.